The monoisotopic (exact) mass is 330 g/mol. The zero-order valence-electron chi connectivity index (χ0n) is 11.9. The lowest BCUT2D eigenvalue weighted by molar-refractivity contribution is -0.113. The standard InChI is InChI=1S/C14H19ClN2O3S/c1-11-3-2-8-17(10-11)21(19,20)13-6-4-12(5-7-13)16-14(18)9-15/h4-7,11H,2-3,8-10H2,1H3,(H,16,18). The largest absolute Gasteiger partial charge is 0.325 e. The second-order valence-corrected chi connectivity index (χ2v) is 7.52. The topological polar surface area (TPSA) is 66.5 Å². The highest BCUT2D eigenvalue weighted by atomic mass is 35.5. The van der Waals surface area contributed by atoms with Crippen LogP contribution in [0.25, 0.3) is 0 Å². The summed E-state index contributed by atoms with van der Waals surface area (Å²) in [6, 6.07) is 6.17. The first-order chi connectivity index (χ1) is 9.93. The summed E-state index contributed by atoms with van der Waals surface area (Å²) in [6.45, 7) is 3.19. The molecule has 1 N–H and O–H groups in total. The quantitative estimate of drug-likeness (QED) is 0.861. The maximum atomic E-state index is 12.5. The number of nitrogens with one attached hydrogen (secondary N) is 1. The number of hydrogen-bond acceptors (Lipinski definition) is 3. The average Bonchev–Trinajstić information content (AvgIpc) is 2.47. The molecule has 0 radical (unpaired) electrons. The van der Waals surface area contributed by atoms with Crippen molar-refractivity contribution < 1.29 is 13.2 Å². The van der Waals surface area contributed by atoms with Crippen LogP contribution in [0.4, 0.5) is 5.69 Å². The molecule has 0 saturated carbocycles. The van der Waals surface area contributed by atoms with Gasteiger partial charge in [0.15, 0.2) is 0 Å². The van der Waals surface area contributed by atoms with Gasteiger partial charge in [0, 0.05) is 18.8 Å². The van der Waals surface area contributed by atoms with E-state index in [-0.39, 0.29) is 16.7 Å². The molecule has 0 bridgehead atoms. The van der Waals surface area contributed by atoms with E-state index in [0.717, 1.165) is 12.8 Å². The third-order valence-electron chi connectivity index (χ3n) is 3.52. The van der Waals surface area contributed by atoms with Crippen molar-refractivity contribution in [3.63, 3.8) is 0 Å². The Balaban J connectivity index is 2.15. The predicted octanol–water partition coefficient (Wildman–Crippen LogP) is 2.28. The molecular formula is C14H19ClN2O3S. The molecule has 1 saturated heterocycles. The van der Waals surface area contributed by atoms with Crippen LogP contribution in [0.1, 0.15) is 19.8 Å². The normalized spacial score (nSPS) is 20.2. The number of nitrogens with zero attached hydrogens (tertiary/aromatic N) is 1. The number of carbonyl (C=O) groups is 1. The Hall–Kier alpha value is -1.11. The van der Waals surface area contributed by atoms with Gasteiger partial charge in [0.1, 0.15) is 5.88 Å². The maximum absolute atomic E-state index is 12.5. The van der Waals surface area contributed by atoms with Crippen LogP contribution < -0.4 is 5.32 Å². The molecule has 0 spiro atoms. The minimum Gasteiger partial charge on any atom is -0.325 e. The van der Waals surface area contributed by atoms with Gasteiger partial charge in [0.2, 0.25) is 15.9 Å². The van der Waals surface area contributed by atoms with Crippen LogP contribution in [-0.2, 0) is 14.8 Å². The number of sulfonamides is 1. The molecule has 1 atom stereocenters. The molecule has 1 heterocycles. The van der Waals surface area contributed by atoms with Crippen molar-refractivity contribution in [1.82, 2.24) is 4.31 Å². The van der Waals surface area contributed by atoms with Gasteiger partial charge in [-0.2, -0.15) is 4.31 Å². The fourth-order valence-corrected chi connectivity index (χ4v) is 4.08. The molecule has 0 aromatic heterocycles. The van der Waals surface area contributed by atoms with E-state index in [4.69, 9.17) is 11.6 Å². The first kappa shape index (κ1) is 16.3. The van der Waals surface area contributed by atoms with Gasteiger partial charge in [-0.15, -0.1) is 11.6 Å². The molecule has 1 unspecified atom stereocenters. The van der Waals surface area contributed by atoms with Crippen LogP contribution in [0, 0.1) is 5.92 Å². The van der Waals surface area contributed by atoms with Gasteiger partial charge >= 0.3 is 0 Å². The van der Waals surface area contributed by atoms with E-state index >= 15 is 0 Å². The number of carbonyl (C=O) groups excluding carboxylic acids is 1. The molecule has 1 aromatic rings. The summed E-state index contributed by atoms with van der Waals surface area (Å²) in [5.41, 5.74) is 0.534. The molecular weight excluding hydrogens is 312 g/mol. The molecule has 1 aliphatic heterocycles. The first-order valence-electron chi connectivity index (χ1n) is 6.89. The van der Waals surface area contributed by atoms with Crippen LogP contribution >= 0.6 is 11.6 Å². The molecule has 0 aliphatic carbocycles. The Labute approximate surface area is 130 Å². The lowest BCUT2D eigenvalue weighted by Crippen LogP contribution is -2.39. The Kier molecular flexibility index (Phi) is 5.24. The number of hydrogen-bond donors (Lipinski definition) is 1. The van der Waals surface area contributed by atoms with Gasteiger partial charge in [0.25, 0.3) is 0 Å². The summed E-state index contributed by atoms with van der Waals surface area (Å²) in [5, 5.41) is 2.58. The maximum Gasteiger partial charge on any atom is 0.243 e. The van der Waals surface area contributed by atoms with Gasteiger partial charge in [0.05, 0.1) is 4.90 Å². The number of halogens is 1. The number of alkyl halides is 1. The van der Waals surface area contributed by atoms with Crippen molar-refractivity contribution in [3.05, 3.63) is 24.3 Å². The summed E-state index contributed by atoms with van der Waals surface area (Å²) >= 11 is 5.41. The van der Waals surface area contributed by atoms with E-state index in [1.165, 1.54) is 16.4 Å². The lowest BCUT2D eigenvalue weighted by atomic mass is 10.0. The third kappa shape index (κ3) is 3.96. The predicted molar refractivity (Wildman–Crippen MR) is 82.9 cm³/mol. The lowest BCUT2D eigenvalue weighted by Gasteiger charge is -2.30. The van der Waals surface area contributed by atoms with E-state index in [0.29, 0.717) is 24.7 Å². The zero-order valence-corrected chi connectivity index (χ0v) is 13.5. The van der Waals surface area contributed by atoms with Crippen LogP contribution in [0.2, 0.25) is 0 Å². The number of amides is 1. The summed E-state index contributed by atoms with van der Waals surface area (Å²) in [4.78, 5) is 11.4. The Morgan fingerprint density at radius 1 is 1.38 bits per heavy atom. The number of rotatable bonds is 4. The number of piperidine rings is 1. The van der Waals surface area contributed by atoms with Gasteiger partial charge in [-0.05, 0) is 43.0 Å². The molecule has 2 rings (SSSR count). The Morgan fingerprint density at radius 2 is 2.05 bits per heavy atom. The van der Waals surface area contributed by atoms with Crippen molar-refractivity contribution in [2.75, 3.05) is 24.3 Å². The Bertz CT molecular complexity index is 601. The first-order valence-corrected chi connectivity index (χ1v) is 8.87. The third-order valence-corrected chi connectivity index (χ3v) is 5.64. The SMILES string of the molecule is CC1CCCN(S(=O)(=O)c2ccc(NC(=O)CCl)cc2)C1. The fourth-order valence-electron chi connectivity index (χ4n) is 2.42. The van der Waals surface area contributed by atoms with Crippen molar-refractivity contribution >= 4 is 33.2 Å². The highest BCUT2D eigenvalue weighted by molar-refractivity contribution is 7.89. The molecule has 1 fully saturated rings. The summed E-state index contributed by atoms with van der Waals surface area (Å²) in [7, 11) is -3.45. The molecule has 5 nitrogen and oxygen atoms in total. The van der Waals surface area contributed by atoms with Gasteiger partial charge in [-0.3, -0.25) is 4.79 Å². The highest BCUT2D eigenvalue weighted by Crippen LogP contribution is 2.24. The zero-order chi connectivity index (χ0) is 15.5. The van der Waals surface area contributed by atoms with Gasteiger partial charge in [-0.25, -0.2) is 8.42 Å². The Morgan fingerprint density at radius 3 is 2.62 bits per heavy atom. The summed E-state index contributed by atoms with van der Waals surface area (Å²) < 4.78 is 26.6. The highest BCUT2D eigenvalue weighted by Gasteiger charge is 2.28. The summed E-state index contributed by atoms with van der Waals surface area (Å²) in [5.74, 6) is -0.0703. The van der Waals surface area contributed by atoms with Crippen LogP contribution in [-0.4, -0.2) is 37.6 Å². The molecule has 1 aliphatic rings. The molecule has 7 heteroatoms. The minimum absolute atomic E-state index is 0.133. The molecule has 21 heavy (non-hydrogen) atoms. The molecule has 1 amide bonds. The minimum atomic E-state index is -3.45. The van der Waals surface area contributed by atoms with Crippen molar-refractivity contribution in [2.24, 2.45) is 5.92 Å². The fraction of sp³-hybridized carbons (Fsp3) is 0.500. The van der Waals surface area contributed by atoms with E-state index in [1.807, 2.05) is 0 Å². The van der Waals surface area contributed by atoms with E-state index in [2.05, 4.69) is 12.2 Å². The van der Waals surface area contributed by atoms with E-state index in [9.17, 15) is 13.2 Å². The van der Waals surface area contributed by atoms with Crippen LogP contribution in [0.3, 0.4) is 0 Å². The average molecular weight is 331 g/mol. The van der Waals surface area contributed by atoms with Crippen molar-refractivity contribution in [1.29, 1.82) is 0 Å². The van der Waals surface area contributed by atoms with E-state index < -0.39 is 10.0 Å². The second-order valence-electron chi connectivity index (χ2n) is 5.32. The van der Waals surface area contributed by atoms with Gasteiger partial charge in [-0.1, -0.05) is 6.92 Å². The van der Waals surface area contributed by atoms with Crippen LogP contribution in [0.5, 0.6) is 0 Å². The number of benzene rings is 1. The van der Waals surface area contributed by atoms with Crippen molar-refractivity contribution in [3.8, 4) is 0 Å². The van der Waals surface area contributed by atoms with Crippen molar-refractivity contribution in [2.45, 2.75) is 24.7 Å². The molecule has 116 valence electrons. The summed E-state index contributed by atoms with van der Waals surface area (Å²) in [6.07, 6.45) is 1.96. The second kappa shape index (κ2) is 6.77. The van der Waals surface area contributed by atoms with Gasteiger partial charge < -0.3 is 5.32 Å². The van der Waals surface area contributed by atoms with Crippen LogP contribution in [0.15, 0.2) is 29.2 Å². The van der Waals surface area contributed by atoms with E-state index in [1.54, 1.807) is 12.1 Å². The smallest absolute Gasteiger partial charge is 0.243 e. The molecule has 1 aromatic carbocycles. The number of anilines is 1.